The number of carbonyl (C=O) groups is 1. The Balaban J connectivity index is 1.54. The molecule has 0 spiro atoms. The number of amides is 1. The van der Waals surface area contributed by atoms with Gasteiger partial charge in [0, 0.05) is 11.7 Å². The molecule has 0 saturated heterocycles. The molecule has 7 heteroatoms. The molecule has 0 aliphatic heterocycles. The highest BCUT2D eigenvalue weighted by Crippen LogP contribution is 2.27. The minimum atomic E-state index is -3.59. The number of rotatable bonds is 7. The van der Waals surface area contributed by atoms with Gasteiger partial charge in [0.25, 0.3) is 5.91 Å². The fourth-order valence-electron chi connectivity index (χ4n) is 2.79. The lowest BCUT2D eigenvalue weighted by molar-refractivity contribution is 0.102. The van der Waals surface area contributed by atoms with Crippen LogP contribution in [0.5, 0.6) is 11.5 Å². The smallest absolute Gasteiger partial charge is 0.259 e. The second-order valence-electron chi connectivity index (χ2n) is 6.79. The van der Waals surface area contributed by atoms with E-state index in [-0.39, 0.29) is 16.8 Å². The number of ether oxygens (including phenoxy) is 1. The summed E-state index contributed by atoms with van der Waals surface area (Å²) in [5.74, 6) is 0.642. The van der Waals surface area contributed by atoms with Crippen LogP contribution < -0.4 is 14.8 Å². The molecule has 0 bridgehead atoms. The van der Waals surface area contributed by atoms with E-state index in [1.807, 2.05) is 18.2 Å². The fraction of sp³-hybridized carbons (Fsp3) is 0.136. The van der Waals surface area contributed by atoms with Crippen LogP contribution in [-0.2, 0) is 10.0 Å². The van der Waals surface area contributed by atoms with Crippen LogP contribution in [0.25, 0.3) is 0 Å². The van der Waals surface area contributed by atoms with Gasteiger partial charge in [-0.2, -0.15) is 0 Å². The summed E-state index contributed by atoms with van der Waals surface area (Å²) in [4.78, 5) is 12.9. The number of nitrogens with one attached hydrogen (secondary N) is 2. The summed E-state index contributed by atoms with van der Waals surface area (Å²) in [6, 6.07) is 22.3. The molecule has 148 valence electrons. The summed E-state index contributed by atoms with van der Waals surface area (Å²) < 4.78 is 33.3. The van der Waals surface area contributed by atoms with Gasteiger partial charge in [-0.15, -0.1) is 0 Å². The topological polar surface area (TPSA) is 84.5 Å². The first-order valence-electron chi connectivity index (χ1n) is 9.27. The molecule has 1 aliphatic carbocycles. The summed E-state index contributed by atoms with van der Waals surface area (Å²) in [5.41, 5.74) is 0.740. The van der Waals surface area contributed by atoms with E-state index in [4.69, 9.17) is 4.74 Å². The molecular weight excluding hydrogens is 388 g/mol. The minimum absolute atomic E-state index is 0.0141. The molecular formula is C22H20N2O4S. The van der Waals surface area contributed by atoms with E-state index in [2.05, 4.69) is 10.0 Å². The van der Waals surface area contributed by atoms with E-state index in [1.54, 1.807) is 48.5 Å². The van der Waals surface area contributed by atoms with Crippen molar-refractivity contribution in [2.24, 2.45) is 0 Å². The SMILES string of the molecule is O=C(Nc1cccc(S(=O)(=O)NC2CC2)c1)c1ccccc1Oc1ccccc1. The Hall–Kier alpha value is -3.16. The summed E-state index contributed by atoms with van der Waals surface area (Å²) >= 11 is 0. The number of hydrogen-bond donors (Lipinski definition) is 2. The Morgan fingerprint density at radius 1 is 0.897 bits per heavy atom. The maximum Gasteiger partial charge on any atom is 0.259 e. The van der Waals surface area contributed by atoms with Gasteiger partial charge >= 0.3 is 0 Å². The van der Waals surface area contributed by atoms with E-state index in [0.717, 1.165) is 12.8 Å². The summed E-state index contributed by atoms with van der Waals surface area (Å²) in [7, 11) is -3.59. The summed E-state index contributed by atoms with van der Waals surface area (Å²) in [6.07, 6.45) is 1.71. The van der Waals surface area contributed by atoms with Gasteiger partial charge in [-0.05, 0) is 55.3 Å². The Morgan fingerprint density at radius 3 is 2.38 bits per heavy atom. The molecule has 1 saturated carbocycles. The van der Waals surface area contributed by atoms with Gasteiger partial charge in [0.1, 0.15) is 11.5 Å². The quantitative estimate of drug-likeness (QED) is 0.614. The third kappa shape index (κ3) is 4.82. The van der Waals surface area contributed by atoms with Crippen molar-refractivity contribution in [2.45, 2.75) is 23.8 Å². The standard InChI is InChI=1S/C22H20N2O4S/c25-22(20-11-4-5-12-21(20)28-18-8-2-1-3-9-18)23-17-7-6-10-19(15-17)29(26,27)24-16-13-14-16/h1-12,15-16,24H,13-14H2,(H,23,25). The highest BCUT2D eigenvalue weighted by atomic mass is 32.2. The van der Waals surface area contributed by atoms with E-state index >= 15 is 0 Å². The van der Waals surface area contributed by atoms with Gasteiger partial charge in [0.2, 0.25) is 10.0 Å². The average molecular weight is 408 g/mol. The van der Waals surface area contributed by atoms with Crippen molar-refractivity contribution in [3.8, 4) is 11.5 Å². The van der Waals surface area contributed by atoms with Gasteiger partial charge in [-0.3, -0.25) is 4.79 Å². The average Bonchev–Trinajstić information content (AvgIpc) is 3.53. The van der Waals surface area contributed by atoms with E-state index < -0.39 is 10.0 Å². The maximum absolute atomic E-state index is 12.8. The van der Waals surface area contributed by atoms with Crippen LogP contribution in [0.3, 0.4) is 0 Å². The molecule has 3 aromatic carbocycles. The lowest BCUT2D eigenvalue weighted by Crippen LogP contribution is -2.25. The summed E-state index contributed by atoms with van der Waals surface area (Å²) in [6.45, 7) is 0. The number of benzene rings is 3. The van der Waals surface area contributed by atoms with Crippen molar-refractivity contribution in [1.82, 2.24) is 4.72 Å². The number of carbonyl (C=O) groups excluding carboxylic acids is 1. The third-order valence-corrected chi connectivity index (χ3v) is 5.92. The Labute approximate surface area is 169 Å². The second-order valence-corrected chi connectivity index (χ2v) is 8.50. The molecule has 1 fully saturated rings. The molecule has 0 radical (unpaired) electrons. The van der Waals surface area contributed by atoms with Gasteiger partial charge in [0.15, 0.2) is 0 Å². The van der Waals surface area contributed by atoms with Crippen LogP contribution in [0.1, 0.15) is 23.2 Å². The van der Waals surface area contributed by atoms with Crippen LogP contribution in [0.2, 0.25) is 0 Å². The molecule has 1 amide bonds. The number of para-hydroxylation sites is 2. The largest absolute Gasteiger partial charge is 0.457 e. The lowest BCUT2D eigenvalue weighted by Gasteiger charge is -2.12. The zero-order valence-electron chi connectivity index (χ0n) is 15.5. The van der Waals surface area contributed by atoms with Gasteiger partial charge in [-0.1, -0.05) is 36.4 Å². The number of sulfonamides is 1. The predicted octanol–water partition coefficient (Wildman–Crippen LogP) is 4.17. The fourth-order valence-corrected chi connectivity index (χ4v) is 4.14. The highest BCUT2D eigenvalue weighted by Gasteiger charge is 2.28. The van der Waals surface area contributed by atoms with Gasteiger partial charge in [-0.25, -0.2) is 13.1 Å². The zero-order valence-corrected chi connectivity index (χ0v) is 16.4. The zero-order chi connectivity index (χ0) is 20.3. The van der Waals surface area contributed by atoms with Gasteiger partial charge in [0.05, 0.1) is 10.5 Å². The molecule has 0 heterocycles. The van der Waals surface area contributed by atoms with Gasteiger partial charge < -0.3 is 10.1 Å². The Bertz CT molecular complexity index is 1130. The Kier molecular flexibility index (Phi) is 5.33. The maximum atomic E-state index is 12.8. The molecule has 0 unspecified atom stereocenters. The van der Waals surface area contributed by atoms with E-state index in [0.29, 0.717) is 22.7 Å². The van der Waals surface area contributed by atoms with Crippen LogP contribution in [-0.4, -0.2) is 20.4 Å². The second kappa shape index (κ2) is 8.06. The molecule has 3 aromatic rings. The molecule has 0 aromatic heterocycles. The molecule has 1 aliphatic rings. The van der Waals surface area contributed by atoms with E-state index in [9.17, 15) is 13.2 Å². The van der Waals surface area contributed by atoms with Crippen molar-refractivity contribution in [3.05, 3.63) is 84.4 Å². The van der Waals surface area contributed by atoms with Crippen LogP contribution in [0, 0.1) is 0 Å². The van der Waals surface area contributed by atoms with Crippen molar-refractivity contribution in [2.75, 3.05) is 5.32 Å². The Morgan fingerprint density at radius 2 is 1.62 bits per heavy atom. The predicted molar refractivity (Wildman–Crippen MR) is 111 cm³/mol. The van der Waals surface area contributed by atoms with Crippen LogP contribution in [0.4, 0.5) is 5.69 Å². The van der Waals surface area contributed by atoms with Crippen LogP contribution >= 0.6 is 0 Å². The summed E-state index contributed by atoms with van der Waals surface area (Å²) in [5, 5.41) is 2.75. The van der Waals surface area contributed by atoms with Crippen molar-refractivity contribution < 1.29 is 17.9 Å². The van der Waals surface area contributed by atoms with Crippen molar-refractivity contribution >= 4 is 21.6 Å². The highest BCUT2D eigenvalue weighted by molar-refractivity contribution is 7.89. The molecule has 6 nitrogen and oxygen atoms in total. The van der Waals surface area contributed by atoms with Crippen molar-refractivity contribution in [1.29, 1.82) is 0 Å². The lowest BCUT2D eigenvalue weighted by atomic mass is 10.2. The molecule has 2 N–H and O–H groups in total. The van der Waals surface area contributed by atoms with Crippen LogP contribution in [0.15, 0.2) is 83.8 Å². The van der Waals surface area contributed by atoms with Crippen molar-refractivity contribution in [3.63, 3.8) is 0 Å². The molecule has 0 atom stereocenters. The normalized spacial score (nSPS) is 13.7. The molecule has 4 rings (SSSR count). The first-order chi connectivity index (χ1) is 14.0. The number of anilines is 1. The third-order valence-electron chi connectivity index (χ3n) is 4.40. The van der Waals surface area contributed by atoms with E-state index in [1.165, 1.54) is 12.1 Å². The first-order valence-corrected chi connectivity index (χ1v) is 10.8. The minimum Gasteiger partial charge on any atom is -0.457 e. The first kappa shape index (κ1) is 19.2. The monoisotopic (exact) mass is 408 g/mol. The molecule has 29 heavy (non-hydrogen) atoms. The number of hydrogen-bond acceptors (Lipinski definition) is 4.